The molecule has 1 aliphatic heterocycles. The van der Waals surface area contributed by atoms with Gasteiger partial charge in [-0.3, -0.25) is 24.0 Å². The molecule has 4 rings (SSSR count). The van der Waals surface area contributed by atoms with E-state index < -0.39 is 24.1 Å². The van der Waals surface area contributed by atoms with Crippen molar-refractivity contribution in [2.45, 2.75) is 278 Å². The van der Waals surface area contributed by atoms with Crippen LogP contribution in [0.2, 0.25) is 10.0 Å². The fourth-order valence-corrected chi connectivity index (χ4v) is 12.4. The molecule has 518 valence electrons. The molecule has 3 heterocycles. The Morgan fingerprint density at radius 3 is 1.68 bits per heavy atom. The Kier molecular flexibility index (Phi) is 40.9. The lowest BCUT2D eigenvalue weighted by molar-refractivity contribution is -0.167. The SMILES string of the molecule is CCCCCCCC/C=C\CCCCCCCC(=O)OCC(COC(=O)CCCCCCC/C=C\CCCCCCCC)OC(=O)CC(C)CCCC(C)CC(=O)Oc1c(Cl)cc(COC(=O)n2ccc3c(N(C)[C@H]4CN(C(=O)CC#N)CC[C@H]4C)ncnc32)cc1Cl. The Morgan fingerprint density at radius 2 is 1.16 bits per heavy atom. The average molecular weight is 1330 g/mol. The molecule has 1 fully saturated rings. The van der Waals surface area contributed by atoms with E-state index in [0.29, 0.717) is 61.2 Å². The highest BCUT2D eigenvalue weighted by atomic mass is 35.5. The highest BCUT2D eigenvalue weighted by Gasteiger charge is 2.33. The number of amides is 1. The van der Waals surface area contributed by atoms with Crippen LogP contribution in [-0.2, 0) is 49.5 Å². The minimum atomic E-state index is -0.930. The highest BCUT2D eigenvalue weighted by Crippen LogP contribution is 2.36. The molecule has 1 amide bonds. The number of hydrogen-bond donors (Lipinski definition) is 0. The normalized spacial score (nSPS) is 14.8. The Labute approximate surface area is 566 Å². The zero-order valence-corrected chi connectivity index (χ0v) is 58.8. The van der Waals surface area contributed by atoms with Crippen LogP contribution in [0, 0.1) is 29.1 Å². The van der Waals surface area contributed by atoms with E-state index in [-0.39, 0.29) is 109 Å². The Bertz CT molecular complexity index is 2700. The number of carbonyl (C=O) groups excluding carboxylic acids is 6. The third-order valence-corrected chi connectivity index (χ3v) is 18.1. The van der Waals surface area contributed by atoms with Crippen LogP contribution in [0.1, 0.15) is 265 Å². The van der Waals surface area contributed by atoms with E-state index in [1.165, 1.54) is 100 Å². The fourth-order valence-electron chi connectivity index (χ4n) is 11.8. The van der Waals surface area contributed by atoms with E-state index in [0.717, 1.165) is 89.9 Å². The van der Waals surface area contributed by atoms with E-state index in [9.17, 15) is 28.8 Å². The predicted octanol–water partition coefficient (Wildman–Crippen LogP) is 18.7. The molecule has 4 atom stereocenters. The van der Waals surface area contributed by atoms with Gasteiger partial charge in [-0.05, 0) is 112 Å². The smallest absolute Gasteiger partial charge is 0.420 e. The van der Waals surface area contributed by atoms with Crippen LogP contribution < -0.4 is 9.64 Å². The molecule has 1 saturated heterocycles. The molecule has 0 aliphatic carbocycles. The molecule has 0 saturated carbocycles. The largest absolute Gasteiger partial charge is 0.462 e. The van der Waals surface area contributed by atoms with Crippen LogP contribution in [0.4, 0.5) is 10.6 Å². The van der Waals surface area contributed by atoms with Crippen LogP contribution >= 0.6 is 23.2 Å². The van der Waals surface area contributed by atoms with Crippen molar-refractivity contribution in [2.24, 2.45) is 17.8 Å². The molecule has 0 bridgehead atoms. The summed E-state index contributed by atoms with van der Waals surface area (Å²) in [5, 5.41) is 9.82. The quantitative estimate of drug-likeness (QED) is 0.0169. The van der Waals surface area contributed by atoms with Gasteiger partial charge < -0.3 is 33.5 Å². The maximum atomic E-state index is 13.5. The monoisotopic (exact) mass is 1330 g/mol. The Hall–Kier alpha value is -5.99. The van der Waals surface area contributed by atoms with Crippen molar-refractivity contribution < 1.29 is 52.5 Å². The zero-order chi connectivity index (χ0) is 67.4. The molecular weight excluding hydrogens is 1220 g/mol. The summed E-state index contributed by atoms with van der Waals surface area (Å²) in [5.74, 6) is -1.27. The fraction of sp³-hybridized carbons (Fsp3) is 0.689. The third-order valence-electron chi connectivity index (χ3n) is 17.5. The molecule has 1 aliphatic rings. The number of benzene rings is 1. The number of nitrogens with zero attached hydrogens (tertiary/aromatic N) is 6. The minimum absolute atomic E-state index is 0.00740. The van der Waals surface area contributed by atoms with Gasteiger partial charge in [0.25, 0.3) is 0 Å². The van der Waals surface area contributed by atoms with Crippen molar-refractivity contribution in [3.05, 3.63) is 70.6 Å². The van der Waals surface area contributed by atoms with E-state index in [2.05, 4.69) is 55.0 Å². The minimum Gasteiger partial charge on any atom is -0.462 e. The maximum absolute atomic E-state index is 13.5. The summed E-state index contributed by atoms with van der Waals surface area (Å²) < 4.78 is 29.6. The van der Waals surface area contributed by atoms with Gasteiger partial charge in [0.05, 0.1) is 27.5 Å². The van der Waals surface area contributed by atoms with Crippen molar-refractivity contribution in [3.8, 4) is 11.8 Å². The van der Waals surface area contributed by atoms with Crippen LogP contribution in [0.3, 0.4) is 0 Å². The highest BCUT2D eigenvalue weighted by molar-refractivity contribution is 6.37. The van der Waals surface area contributed by atoms with Crippen LogP contribution in [0.15, 0.2) is 55.0 Å². The van der Waals surface area contributed by atoms with Gasteiger partial charge in [0.2, 0.25) is 5.91 Å². The third kappa shape index (κ3) is 32.8. The molecule has 93 heavy (non-hydrogen) atoms. The summed E-state index contributed by atoms with van der Waals surface area (Å²) in [5.41, 5.74) is 0.787. The van der Waals surface area contributed by atoms with Gasteiger partial charge in [0.15, 0.2) is 17.5 Å². The number of carbonyl (C=O) groups is 6. The average Bonchev–Trinajstić information content (AvgIpc) is 1.71. The summed E-state index contributed by atoms with van der Waals surface area (Å²) >= 11 is 13.2. The molecule has 3 aromatic rings. The van der Waals surface area contributed by atoms with Gasteiger partial charge in [-0.2, -0.15) is 5.26 Å². The number of ether oxygens (including phenoxy) is 5. The number of likely N-dealkylation sites (tertiary alicyclic amines) is 1. The number of aromatic nitrogens is 3. The van der Waals surface area contributed by atoms with Crippen LogP contribution in [0.5, 0.6) is 5.75 Å². The number of halogens is 2. The summed E-state index contributed by atoms with van der Waals surface area (Å²) in [6, 6.07) is 6.62. The Balaban J connectivity index is 1.17. The van der Waals surface area contributed by atoms with E-state index in [4.69, 9.17) is 52.1 Å². The first-order valence-electron chi connectivity index (χ1n) is 35.4. The standard InChI is InChI=1S/C74H112Cl2N6O11/c1-7-9-11-13-15-17-19-21-23-25-27-29-31-33-35-40-67(84)89-54-61(55-90-68(85)41-36-34-32-30-28-26-24-22-20-18-16-14-12-10-8-2)92-69(86)48-57(3)38-37-39-58(4)49-70(87)93-71-63(75)50-60(51-64(71)76)53-91-74(88)82-47-44-62-72(78-56-79-73(62)82)80(6)65-52-81(46-43-59(65)5)66(83)42-45-77/h21-24,44,47,50-51,56-59,61,65H,7-20,25-43,46,48-49,52-55H2,1-6H3/b23-21-,24-22-/t57?,58?,59-,65+/m1/s1. The summed E-state index contributed by atoms with van der Waals surface area (Å²) in [6.07, 6.45) is 44.1. The van der Waals surface area contributed by atoms with Crippen molar-refractivity contribution in [1.82, 2.24) is 19.4 Å². The molecule has 2 aromatic heterocycles. The predicted molar refractivity (Wildman–Crippen MR) is 370 cm³/mol. The number of fused-ring (bicyclic) bond motifs is 1. The van der Waals surface area contributed by atoms with E-state index in [1.807, 2.05) is 31.9 Å². The molecular formula is C74H112Cl2N6O11. The number of rotatable bonds is 49. The topological polar surface area (TPSA) is 210 Å². The van der Waals surface area contributed by atoms with Crippen molar-refractivity contribution in [3.63, 3.8) is 0 Å². The molecule has 0 radical (unpaired) electrons. The zero-order valence-electron chi connectivity index (χ0n) is 57.3. The van der Waals surface area contributed by atoms with Crippen molar-refractivity contribution >= 4 is 75.9 Å². The van der Waals surface area contributed by atoms with Gasteiger partial charge in [-0.15, -0.1) is 0 Å². The lowest BCUT2D eigenvalue weighted by Crippen LogP contribution is -2.52. The van der Waals surface area contributed by atoms with E-state index in [1.54, 1.807) is 17.2 Å². The second kappa shape index (κ2) is 47.8. The van der Waals surface area contributed by atoms with Crippen molar-refractivity contribution in [2.75, 3.05) is 38.3 Å². The molecule has 1 aromatic carbocycles. The van der Waals surface area contributed by atoms with Gasteiger partial charge in [-0.1, -0.05) is 204 Å². The molecule has 17 nitrogen and oxygen atoms in total. The lowest BCUT2D eigenvalue weighted by Gasteiger charge is -2.42. The van der Waals surface area contributed by atoms with E-state index >= 15 is 0 Å². The first-order valence-corrected chi connectivity index (χ1v) is 36.2. The molecule has 19 heteroatoms. The van der Waals surface area contributed by atoms with Crippen LogP contribution in [0.25, 0.3) is 11.0 Å². The first-order chi connectivity index (χ1) is 45.0. The second-order valence-electron chi connectivity index (χ2n) is 25.9. The number of hydrogen-bond acceptors (Lipinski definition) is 15. The van der Waals surface area contributed by atoms with Gasteiger partial charge in [-0.25, -0.2) is 19.3 Å². The van der Waals surface area contributed by atoms with Gasteiger partial charge >= 0.3 is 30.0 Å². The first kappa shape index (κ1) is 79.4. The van der Waals surface area contributed by atoms with Crippen molar-refractivity contribution in [1.29, 1.82) is 5.26 Å². The number of allylic oxidation sites excluding steroid dienone is 4. The second-order valence-corrected chi connectivity index (χ2v) is 26.7. The molecule has 2 unspecified atom stereocenters. The number of likely N-dealkylation sites (N-methyl/N-ethyl adjacent to an activating group) is 1. The lowest BCUT2D eigenvalue weighted by atomic mass is 9.92. The summed E-state index contributed by atoms with van der Waals surface area (Å²) in [4.78, 5) is 90.9. The number of anilines is 1. The molecule has 0 N–H and O–H groups in total. The summed E-state index contributed by atoms with van der Waals surface area (Å²) in [7, 11) is 1.89. The number of nitriles is 1. The Morgan fingerprint density at radius 1 is 0.667 bits per heavy atom. The summed E-state index contributed by atoms with van der Waals surface area (Å²) in [6.45, 7) is 10.9. The number of unbranched alkanes of at least 4 members (excludes halogenated alkanes) is 22. The number of piperidine rings is 1. The molecule has 0 spiro atoms. The number of esters is 4. The van der Waals surface area contributed by atoms with Gasteiger partial charge in [0, 0.05) is 52.0 Å². The van der Waals surface area contributed by atoms with Gasteiger partial charge in [0.1, 0.15) is 38.4 Å². The van der Waals surface area contributed by atoms with Crippen LogP contribution in [-0.4, -0.2) is 101 Å². The maximum Gasteiger partial charge on any atom is 0.420 e.